The number of hydrogen-bond donors (Lipinski definition) is 3. The molecule has 0 heterocycles. The van der Waals surface area contributed by atoms with Crippen molar-refractivity contribution in [3.8, 4) is 0 Å². The summed E-state index contributed by atoms with van der Waals surface area (Å²) in [6.45, 7) is 5.63. The van der Waals surface area contributed by atoms with Gasteiger partial charge in [0.05, 0.1) is 12.6 Å². The Morgan fingerprint density at radius 1 is 1.33 bits per heavy atom. The lowest BCUT2D eigenvalue weighted by atomic mass is 9.87. The van der Waals surface area contributed by atoms with Crippen LogP contribution >= 0.6 is 0 Å². The average molecular weight is 254 g/mol. The number of carbonyl (C=O) groups is 1. The predicted octanol–water partition coefficient (Wildman–Crippen LogP) is 2.35. The van der Waals surface area contributed by atoms with Crippen molar-refractivity contribution >= 4 is 11.7 Å². The third kappa shape index (κ3) is 4.33. The van der Waals surface area contributed by atoms with Crippen LogP contribution in [0.3, 0.4) is 0 Å². The van der Waals surface area contributed by atoms with Crippen LogP contribution in [0.1, 0.15) is 20.8 Å². The average Bonchev–Trinajstić information content (AvgIpc) is 2.27. The van der Waals surface area contributed by atoms with Gasteiger partial charge in [0.15, 0.2) is 0 Å². The molecule has 0 aliphatic heterocycles. The molecule has 1 aromatic rings. The first-order valence-electron chi connectivity index (χ1n) is 5.77. The number of aliphatic hydroxyl groups is 1. The summed E-state index contributed by atoms with van der Waals surface area (Å²) in [6, 6.07) is 4.71. The maximum atomic E-state index is 12.7. The summed E-state index contributed by atoms with van der Waals surface area (Å²) in [5.74, 6) is -0.358. The molecule has 2 amide bonds. The topological polar surface area (TPSA) is 61.4 Å². The van der Waals surface area contributed by atoms with Gasteiger partial charge in [0, 0.05) is 5.69 Å². The third-order valence-electron chi connectivity index (χ3n) is 2.64. The van der Waals surface area contributed by atoms with Crippen LogP contribution in [0.5, 0.6) is 0 Å². The molecular weight excluding hydrogens is 235 g/mol. The van der Waals surface area contributed by atoms with Gasteiger partial charge in [-0.1, -0.05) is 20.8 Å². The minimum Gasteiger partial charge on any atom is -0.394 e. The zero-order chi connectivity index (χ0) is 13.8. The Morgan fingerprint density at radius 3 is 2.33 bits per heavy atom. The standard InChI is InChI=1S/C13H19FN2O2/c1-13(2,3)11(8-17)16-12(18)15-10-6-4-9(14)5-7-10/h4-7,11,17H,8H2,1-3H3,(H2,15,16,18)/t11-/m1/s1. The monoisotopic (exact) mass is 254 g/mol. The highest BCUT2D eigenvalue weighted by Gasteiger charge is 2.25. The number of aliphatic hydroxyl groups excluding tert-OH is 1. The van der Waals surface area contributed by atoms with Gasteiger partial charge in [-0.25, -0.2) is 9.18 Å². The number of rotatable bonds is 3. The Kier molecular flexibility index (Phi) is 4.67. The van der Waals surface area contributed by atoms with E-state index >= 15 is 0 Å². The van der Waals surface area contributed by atoms with E-state index in [1.807, 2.05) is 20.8 Å². The fourth-order valence-electron chi connectivity index (χ4n) is 1.39. The number of urea groups is 1. The fourth-order valence-corrected chi connectivity index (χ4v) is 1.39. The van der Waals surface area contributed by atoms with Crippen LogP contribution in [0.15, 0.2) is 24.3 Å². The van der Waals surface area contributed by atoms with Crippen LogP contribution in [0, 0.1) is 11.2 Å². The number of halogens is 1. The first kappa shape index (κ1) is 14.4. The second kappa shape index (κ2) is 5.82. The Hall–Kier alpha value is -1.62. The molecule has 0 fully saturated rings. The third-order valence-corrected chi connectivity index (χ3v) is 2.64. The molecule has 0 bridgehead atoms. The molecule has 100 valence electrons. The lowest BCUT2D eigenvalue weighted by molar-refractivity contribution is 0.162. The van der Waals surface area contributed by atoms with Gasteiger partial charge < -0.3 is 15.7 Å². The highest BCUT2D eigenvalue weighted by atomic mass is 19.1. The van der Waals surface area contributed by atoms with E-state index in [-0.39, 0.29) is 23.9 Å². The number of nitrogens with one attached hydrogen (secondary N) is 2. The minimum absolute atomic E-state index is 0.139. The molecule has 0 aliphatic carbocycles. The molecule has 0 saturated carbocycles. The van der Waals surface area contributed by atoms with Gasteiger partial charge in [0.25, 0.3) is 0 Å². The minimum atomic E-state index is -0.421. The van der Waals surface area contributed by atoms with Gasteiger partial charge in [0.2, 0.25) is 0 Å². The second-order valence-electron chi connectivity index (χ2n) is 5.21. The maximum Gasteiger partial charge on any atom is 0.319 e. The fraction of sp³-hybridized carbons (Fsp3) is 0.462. The summed E-state index contributed by atoms with van der Waals surface area (Å²) >= 11 is 0. The summed E-state index contributed by atoms with van der Waals surface area (Å²) < 4.78 is 12.7. The Balaban J connectivity index is 2.58. The van der Waals surface area contributed by atoms with Crippen LogP contribution in [0.2, 0.25) is 0 Å². The molecule has 4 nitrogen and oxygen atoms in total. The van der Waals surface area contributed by atoms with E-state index in [9.17, 15) is 14.3 Å². The molecule has 0 unspecified atom stereocenters. The van der Waals surface area contributed by atoms with Crippen molar-refractivity contribution in [1.82, 2.24) is 5.32 Å². The second-order valence-corrected chi connectivity index (χ2v) is 5.21. The van der Waals surface area contributed by atoms with Gasteiger partial charge >= 0.3 is 6.03 Å². The van der Waals surface area contributed by atoms with Crippen LogP contribution in [-0.2, 0) is 0 Å². The zero-order valence-electron chi connectivity index (χ0n) is 10.8. The largest absolute Gasteiger partial charge is 0.394 e. The highest BCUT2D eigenvalue weighted by molar-refractivity contribution is 5.89. The molecule has 0 radical (unpaired) electrons. The lowest BCUT2D eigenvalue weighted by Crippen LogP contribution is -2.47. The Morgan fingerprint density at radius 2 is 1.89 bits per heavy atom. The van der Waals surface area contributed by atoms with Crippen molar-refractivity contribution < 1.29 is 14.3 Å². The Labute approximate surface area is 106 Å². The molecule has 0 aromatic heterocycles. The molecular formula is C13H19FN2O2. The van der Waals surface area contributed by atoms with E-state index in [1.165, 1.54) is 24.3 Å². The van der Waals surface area contributed by atoms with Crippen molar-refractivity contribution in [3.05, 3.63) is 30.1 Å². The summed E-state index contributed by atoms with van der Waals surface area (Å²) in [7, 11) is 0. The molecule has 0 spiro atoms. The normalized spacial score (nSPS) is 12.9. The molecule has 1 rings (SSSR count). The van der Waals surface area contributed by atoms with E-state index < -0.39 is 6.03 Å². The summed E-state index contributed by atoms with van der Waals surface area (Å²) in [4.78, 5) is 11.7. The lowest BCUT2D eigenvalue weighted by Gasteiger charge is -2.29. The smallest absolute Gasteiger partial charge is 0.319 e. The quantitative estimate of drug-likeness (QED) is 0.775. The van der Waals surface area contributed by atoms with E-state index in [0.717, 1.165) is 0 Å². The molecule has 18 heavy (non-hydrogen) atoms. The Bertz CT molecular complexity index is 398. The number of benzene rings is 1. The first-order valence-corrected chi connectivity index (χ1v) is 5.77. The van der Waals surface area contributed by atoms with Crippen LogP contribution in [-0.4, -0.2) is 23.8 Å². The van der Waals surface area contributed by atoms with Crippen molar-refractivity contribution in [1.29, 1.82) is 0 Å². The highest BCUT2D eigenvalue weighted by Crippen LogP contribution is 2.18. The van der Waals surface area contributed by atoms with E-state index in [2.05, 4.69) is 10.6 Å². The van der Waals surface area contributed by atoms with Crippen molar-refractivity contribution in [2.45, 2.75) is 26.8 Å². The molecule has 0 saturated heterocycles. The summed E-state index contributed by atoms with van der Waals surface area (Å²) in [5.41, 5.74) is 0.258. The molecule has 1 atom stereocenters. The maximum absolute atomic E-state index is 12.7. The van der Waals surface area contributed by atoms with E-state index in [0.29, 0.717) is 5.69 Å². The van der Waals surface area contributed by atoms with Crippen LogP contribution in [0.25, 0.3) is 0 Å². The van der Waals surface area contributed by atoms with E-state index in [1.54, 1.807) is 0 Å². The van der Waals surface area contributed by atoms with Crippen LogP contribution in [0.4, 0.5) is 14.9 Å². The van der Waals surface area contributed by atoms with E-state index in [4.69, 9.17) is 0 Å². The molecule has 5 heteroatoms. The predicted molar refractivity (Wildman–Crippen MR) is 68.9 cm³/mol. The first-order chi connectivity index (χ1) is 8.32. The van der Waals surface area contributed by atoms with Gasteiger partial charge in [0.1, 0.15) is 5.82 Å². The zero-order valence-corrected chi connectivity index (χ0v) is 10.8. The van der Waals surface area contributed by atoms with Gasteiger partial charge in [-0.3, -0.25) is 0 Å². The van der Waals surface area contributed by atoms with Crippen molar-refractivity contribution in [2.75, 3.05) is 11.9 Å². The van der Waals surface area contributed by atoms with Crippen LogP contribution < -0.4 is 10.6 Å². The molecule has 3 N–H and O–H groups in total. The number of anilines is 1. The summed E-state index contributed by atoms with van der Waals surface area (Å²) in [5, 5.41) is 14.5. The summed E-state index contributed by atoms with van der Waals surface area (Å²) in [6.07, 6.45) is 0. The van der Waals surface area contributed by atoms with Crippen molar-refractivity contribution in [3.63, 3.8) is 0 Å². The number of hydrogen-bond acceptors (Lipinski definition) is 2. The van der Waals surface area contributed by atoms with Gasteiger partial charge in [-0.15, -0.1) is 0 Å². The molecule has 1 aromatic carbocycles. The van der Waals surface area contributed by atoms with Gasteiger partial charge in [-0.2, -0.15) is 0 Å². The van der Waals surface area contributed by atoms with Gasteiger partial charge in [-0.05, 0) is 29.7 Å². The number of carbonyl (C=O) groups excluding carboxylic acids is 1. The number of amides is 2. The van der Waals surface area contributed by atoms with Crippen molar-refractivity contribution in [2.24, 2.45) is 5.41 Å². The molecule has 0 aliphatic rings. The SMILES string of the molecule is CC(C)(C)[C@@H](CO)NC(=O)Nc1ccc(F)cc1.